The number of halogens is 1. The van der Waals surface area contributed by atoms with Crippen molar-refractivity contribution in [3.63, 3.8) is 0 Å². The highest BCUT2D eigenvalue weighted by Crippen LogP contribution is 2.11. The summed E-state index contributed by atoms with van der Waals surface area (Å²) in [7, 11) is 1.66. The number of nitrogens with zero attached hydrogens (tertiary/aromatic N) is 2. The average molecular weight is 295 g/mol. The molecule has 1 aromatic rings. The van der Waals surface area contributed by atoms with Crippen molar-refractivity contribution in [1.82, 2.24) is 9.80 Å². The van der Waals surface area contributed by atoms with E-state index in [1.807, 2.05) is 17.0 Å². The average Bonchev–Trinajstić information content (AvgIpc) is 3.01. The van der Waals surface area contributed by atoms with Crippen molar-refractivity contribution in [1.29, 1.82) is 0 Å². The van der Waals surface area contributed by atoms with Crippen molar-refractivity contribution in [3.05, 3.63) is 35.4 Å². The predicted octanol–water partition coefficient (Wildman–Crippen LogP) is 2.12. The first-order valence-electron chi connectivity index (χ1n) is 6.80. The molecule has 20 heavy (non-hydrogen) atoms. The van der Waals surface area contributed by atoms with Crippen LogP contribution in [0.2, 0.25) is 0 Å². The van der Waals surface area contributed by atoms with Crippen LogP contribution in [0.4, 0.5) is 0 Å². The quantitative estimate of drug-likeness (QED) is 0.798. The van der Waals surface area contributed by atoms with Gasteiger partial charge < -0.3 is 9.80 Å². The first kappa shape index (κ1) is 14.9. The first-order chi connectivity index (χ1) is 9.61. The molecule has 0 aliphatic carbocycles. The van der Waals surface area contributed by atoms with Gasteiger partial charge in [0.05, 0.1) is 6.54 Å². The third-order valence-electron chi connectivity index (χ3n) is 3.53. The van der Waals surface area contributed by atoms with Gasteiger partial charge in [-0.15, -0.1) is 11.6 Å². The maximum Gasteiger partial charge on any atom is 0.254 e. The zero-order valence-electron chi connectivity index (χ0n) is 11.6. The van der Waals surface area contributed by atoms with Crippen LogP contribution >= 0.6 is 11.6 Å². The lowest BCUT2D eigenvalue weighted by molar-refractivity contribution is -0.130. The standard InChI is InChI=1S/C15H19ClN2O2/c1-17(11-14(19)18-8-2-3-9-18)15(20)13-6-4-12(10-16)5-7-13/h4-7H,2-3,8-11H2,1H3. The second-order valence-electron chi connectivity index (χ2n) is 5.08. The molecule has 2 rings (SSSR count). The lowest BCUT2D eigenvalue weighted by atomic mass is 10.1. The second kappa shape index (κ2) is 6.75. The molecule has 0 atom stereocenters. The highest BCUT2D eigenvalue weighted by molar-refractivity contribution is 6.17. The molecule has 1 aromatic carbocycles. The van der Waals surface area contributed by atoms with Crippen molar-refractivity contribution < 1.29 is 9.59 Å². The molecule has 1 aliphatic rings. The van der Waals surface area contributed by atoms with Crippen LogP contribution < -0.4 is 0 Å². The van der Waals surface area contributed by atoms with E-state index in [1.165, 1.54) is 4.90 Å². The van der Waals surface area contributed by atoms with E-state index in [0.29, 0.717) is 11.4 Å². The molecule has 0 radical (unpaired) electrons. The Morgan fingerprint density at radius 2 is 1.80 bits per heavy atom. The summed E-state index contributed by atoms with van der Waals surface area (Å²) >= 11 is 5.72. The van der Waals surface area contributed by atoms with Gasteiger partial charge in [0, 0.05) is 31.6 Å². The third kappa shape index (κ3) is 3.51. The molecular formula is C15H19ClN2O2. The summed E-state index contributed by atoms with van der Waals surface area (Å²) in [5.41, 5.74) is 1.55. The van der Waals surface area contributed by atoms with Crippen molar-refractivity contribution in [2.24, 2.45) is 0 Å². The largest absolute Gasteiger partial charge is 0.341 e. The van der Waals surface area contributed by atoms with Gasteiger partial charge in [-0.2, -0.15) is 0 Å². The van der Waals surface area contributed by atoms with Gasteiger partial charge in [0.15, 0.2) is 0 Å². The Morgan fingerprint density at radius 1 is 1.20 bits per heavy atom. The molecule has 1 saturated heterocycles. The van der Waals surface area contributed by atoms with Crippen LogP contribution in [0.3, 0.4) is 0 Å². The van der Waals surface area contributed by atoms with E-state index in [9.17, 15) is 9.59 Å². The molecule has 108 valence electrons. The molecule has 1 aliphatic heterocycles. The molecule has 2 amide bonds. The minimum absolute atomic E-state index is 0.0238. The van der Waals surface area contributed by atoms with Crippen LogP contribution in [0.25, 0.3) is 0 Å². The first-order valence-corrected chi connectivity index (χ1v) is 7.33. The van der Waals surface area contributed by atoms with Crippen LogP contribution in [-0.2, 0) is 10.7 Å². The Bertz CT molecular complexity index is 481. The van der Waals surface area contributed by atoms with E-state index in [4.69, 9.17) is 11.6 Å². The van der Waals surface area contributed by atoms with E-state index in [-0.39, 0.29) is 18.4 Å². The van der Waals surface area contributed by atoms with E-state index in [1.54, 1.807) is 19.2 Å². The van der Waals surface area contributed by atoms with Gasteiger partial charge in [-0.05, 0) is 30.5 Å². The van der Waals surface area contributed by atoms with Gasteiger partial charge >= 0.3 is 0 Å². The lowest BCUT2D eigenvalue weighted by Crippen LogP contribution is -2.39. The maximum atomic E-state index is 12.2. The minimum atomic E-state index is -0.140. The molecule has 4 nitrogen and oxygen atoms in total. The lowest BCUT2D eigenvalue weighted by Gasteiger charge is -2.21. The molecule has 1 heterocycles. The fourth-order valence-corrected chi connectivity index (χ4v) is 2.48. The SMILES string of the molecule is CN(CC(=O)N1CCCC1)C(=O)c1ccc(CCl)cc1. The van der Waals surface area contributed by atoms with Crippen LogP contribution in [-0.4, -0.2) is 48.3 Å². The summed E-state index contributed by atoms with van der Waals surface area (Å²) in [6.45, 7) is 1.76. The van der Waals surface area contributed by atoms with Gasteiger partial charge in [0.1, 0.15) is 0 Å². The van der Waals surface area contributed by atoms with Gasteiger partial charge in [-0.1, -0.05) is 12.1 Å². The Balaban J connectivity index is 1.95. The van der Waals surface area contributed by atoms with Gasteiger partial charge in [-0.3, -0.25) is 9.59 Å². The monoisotopic (exact) mass is 294 g/mol. The van der Waals surface area contributed by atoms with Crippen LogP contribution in [0.1, 0.15) is 28.8 Å². The number of hydrogen-bond acceptors (Lipinski definition) is 2. The number of alkyl halides is 1. The van der Waals surface area contributed by atoms with Crippen molar-refractivity contribution in [3.8, 4) is 0 Å². The molecule has 0 spiro atoms. The number of benzene rings is 1. The molecule has 0 N–H and O–H groups in total. The van der Waals surface area contributed by atoms with E-state index in [0.717, 1.165) is 31.5 Å². The highest BCUT2D eigenvalue weighted by Gasteiger charge is 2.21. The van der Waals surface area contributed by atoms with E-state index >= 15 is 0 Å². The summed E-state index contributed by atoms with van der Waals surface area (Å²) in [5.74, 6) is 0.312. The van der Waals surface area contributed by atoms with E-state index in [2.05, 4.69) is 0 Å². The molecule has 0 aromatic heterocycles. The number of amides is 2. The van der Waals surface area contributed by atoms with Crippen molar-refractivity contribution >= 4 is 23.4 Å². The smallest absolute Gasteiger partial charge is 0.254 e. The number of likely N-dealkylation sites (N-methyl/N-ethyl adjacent to an activating group) is 1. The topological polar surface area (TPSA) is 40.6 Å². The maximum absolute atomic E-state index is 12.2. The number of carbonyl (C=O) groups is 2. The number of likely N-dealkylation sites (tertiary alicyclic amines) is 1. The molecule has 0 bridgehead atoms. The van der Waals surface area contributed by atoms with Crippen LogP contribution in [0.5, 0.6) is 0 Å². The van der Waals surface area contributed by atoms with Crippen LogP contribution in [0.15, 0.2) is 24.3 Å². The Morgan fingerprint density at radius 3 is 2.35 bits per heavy atom. The van der Waals surface area contributed by atoms with E-state index < -0.39 is 0 Å². The Hall–Kier alpha value is -1.55. The zero-order valence-corrected chi connectivity index (χ0v) is 12.4. The Labute approximate surface area is 124 Å². The minimum Gasteiger partial charge on any atom is -0.341 e. The van der Waals surface area contributed by atoms with Gasteiger partial charge in [0.25, 0.3) is 5.91 Å². The fraction of sp³-hybridized carbons (Fsp3) is 0.467. The molecule has 0 saturated carbocycles. The van der Waals surface area contributed by atoms with Crippen molar-refractivity contribution in [2.45, 2.75) is 18.7 Å². The number of rotatable bonds is 4. The molecular weight excluding hydrogens is 276 g/mol. The Kier molecular flexibility index (Phi) is 5.01. The molecule has 5 heteroatoms. The normalized spacial score (nSPS) is 14.4. The summed E-state index contributed by atoms with van der Waals surface area (Å²) in [5, 5.41) is 0. The second-order valence-corrected chi connectivity index (χ2v) is 5.35. The third-order valence-corrected chi connectivity index (χ3v) is 3.84. The number of carbonyl (C=O) groups excluding carboxylic acids is 2. The predicted molar refractivity (Wildman–Crippen MR) is 78.8 cm³/mol. The van der Waals surface area contributed by atoms with Crippen molar-refractivity contribution in [2.75, 3.05) is 26.7 Å². The highest BCUT2D eigenvalue weighted by atomic mass is 35.5. The van der Waals surface area contributed by atoms with Crippen LogP contribution in [0, 0.1) is 0 Å². The zero-order chi connectivity index (χ0) is 14.5. The summed E-state index contributed by atoms with van der Waals surface area (Å²) in [4.78, 5) is 27.5. The summed E-state index contributed by atoms with van der Waals surface area (Å²) < 4.78 is 0. The summed E-state index contributed by atoms with van der Waals surface area (Å²) in [6, 6.07) is 7.15. The molecule has 1 fully saturated rings. The molecule has 0 unspecified atom stereocenters. The van der Waals surface area contributed by atoms with Gasteiger partial charge in [0.2, 0.25) is 5.91 Å². The summed E-state index contributed by atoms with van der Waals surface area (Å²) in [6.07, 6.45) is 2.12. The van der Waals surface area contributed by atoms with Gasteiger partial charge in [-0.25, -0.2) is 0 Å². The fourth-order valence-electron chi connectivity index (χ4n) is 2.30. The number of hydrogen-bond donors (Lipinski definition) is 0.